The Morgan fingerprint density at radius 1 is 1.00 bits per heavy atom. The van der Waals surface area contributed by atoms with E-state index in [1.54, 1.807) is 36.4 Å². The number of phenols is 1. The van der Waals surface area contributed by atoms with E-state index in [0.717, 1.165) is 42.5 Å². The molecule has 0 unspecified atom stereocenters. The number of aromatic hydroxyl groups is 1. The van der Waals surface area contributed by atoms with Crippen LogP contribution in [0.25, 0.3) is 11.3 Å². The summed E-state index contributed by atoms with van der Waals surface area (Å²) in [4.78, 5) is 26.1. The standard InChI is InChI=1S/C32H34N4O4/c1-3-40-26-15-12-24(13-16-26)31(38)34-25-14-17-30(37)27(18-25)28-19-29(23-6-4-5-7-23)36(35-28)32(39)33-20-22-10-8-21(2)9-11-22/h8-19,23,37H,3-7,20H2,1-2H3,(H,33,39)(H,34,38). The summed E-state index contributed by atoms with van der Waals surface area (Å²) >= 11 is 0. The number of rotatable bonds is 8. The van der Waals surface area contributed by atoms with Crippen LogP contribution in [-0.2, 0) is 6.54 Å². The molecule has 0 aliphatic heterocycles. The Morgan fingerprint density at radius 2 is 1.73 bits per heavy atom. The van der Waals surface area contributed by atoms with Crippen molar-refractivity contribution in [1.29, 1.82) is 0 Å². The predicted molar refractivity (Wildman–Crippen MR) is 155 cm³/mol. The van der Waals surface area contributed by atoms with Crippen molar-refractivity contribution in [2.24, 2.45) is 0 Å². The molecule has 0 bridgehead atoms. The summed E-state index contributed by atoms with van der Waals surface area (Å²) in [6.07, 6.45) is 4.18. The Kier molecular flexibility index (Phi) is 8.15. The number of hydrogen-bond acceptors (Lipinski definition) is 5. The highest BCUT2D eigenvalue weighted by atomic mass is 16.5. The minimum absolute atomic E-state index is 0.0155. The van der Waals surface area contributed by atoms with Crippen molar-refractivity contribution in [3.63, 3.8) is 0 Å². The number of anilines is 1. The smallest absolute Gasteiger partial charge is 0.342 e. The van der Waals surface area contributed by atoms with Crippen LogP contribution >= 0.6 is 0 Å². The van der Waals surface area contributed by atoms with Crippen molar-refractivity contribution >= 4 is 17.6 Å². The van der Waals surface area contributed by atoms with Crippen molar-refractivity contribution in [3.05, 3.63) is 95.2 Å². The molecule has 1 saturated carbocycles. The third-order valence-electron chi connectivity index (χ3n) is 7.22. The molecule has 3 aromatic carbocycles. The van der Waals surface area contributed by atoms with Gasteiger partial charge in [0.05, 0.1) is 18.0 Å². The zero-order valence-electron chi connectivity index (χ0n) is 22.8. The molecule has 8 heteroatoms. The third kappa shape index (κ3) is 6.17. The number of benzene rings is 3. The van der Waals surface area contributed by atoms with Gasteiger partial charge >= 0.3 is 6.03 Å². The number of phenolic OH excluding ortho intramolecular Hbond substituents is 1. The number of aromatic nitrogens is 2. The van der Waals surface area contributed by atoms with Gasteiger partial charge in [-0.25, -0.2) is 4.79 Å². The van der Waals surface area contributed by atoms with E-state index in [9.17, 15) is 14.7 Å². The van der Waals surface area contributed by atoms with Crippen LogP contribution in [0.5, 0.6) is 11.5 Å². The first kappa shape index (κ1) is 27.0. The van der Waals surface area contributed by atoms with Crippen LogP contribution in [-0.4, -0.2) is 33.4 Å². The topological polar surface area (TPSA) is 105 Å². The largest absolute Gasteiger partial charge is 0.507 e. The molecular formula is C32H34N4O4. The molecule has 0 spiro atoms. The minimum Gasteiger partial charge on any atom is -0.507 e. The number of nitrogens with zero attached hydrogens (tertiary/aromatic N) is 2. The maximum Gasteiger partial charge on any atom is 0.342 e. The summed E-state index contributed by atoms with van der Waals surface area (Å²) in [5.41, 5.74) is 4.90. The SMILES string of the molecule is CCOc1ccc(C(=O)Nc2ccc(O)c(-c3cc(C4CCCC4)n(C(=O)NCc4ccc(C)cc4)n3)c2)cc1. The van der Waals surface area contributed by atoms with Gasteiger partial charge in [-0.3, -0.25) is 4.79 Å². The van der Waals surface area contributed by atoms with Gasteiger partial charge in [-0.1, -0.05) is 42.7 Å². The maximum absolute atomic E-state index is 13.3. The first-order valence-electron chi connectivity index (χ1n) is 13.7. The highest BCUT2D eigenvalue weighted by Gasteiger charge is 2.26. The van der Waals surface area contributed by atoms with Crippen molar-refractivity contribution in [1.82, 2.24) is 15.1 Å². The van der Waals surface area contributed by atoms with Gasteiger partial charge in [0, 0.05) is 29.3 Å². The Hall–Kier alpha value is -4.59. The van der Waals surface area contributed by atoms with E-state index in [4.69, 9.17) is 4.74 Å². The van der Waals surface area contributed by atoms with E-state index in [2.05, 4.69) is 15.7 Å². The molecule has 0 saturated heterocycles. The van der Waals surface area contributed by atoms with Crippen molar-refractivity contribution in [3.8, 4) is 22.8 Å². The number of ether oxygens (including phenoxy) is 1. The molecule has 0 atom stereocenters. The first-order valence-corrected chi connectivity index (χ1v) is 13.7. The second-order valence-electron chi connectivity index (χ2n) is 10.1. The van der Waals surface area contributed by atoms with Crippen LogP contribution in [0.15, 0.2) is 72.8 Å². The second-order valence-corrected chi connectivity index (χ2v) is 10.1. The number of nitrogens with one attached hydrogen (secondary N) is 2. The first-order chi connectivity index (χ1) is 19.4. The molecule has 206 valence electrons. The average molecular weight is 539 g/mol. The summed E-state index contributed by atoms with van der Waals surface area (Å²) in [5.74, 6) is 0.646. The Bertz CT molecular complexity index is 1490. The van der Waals surface area contributed by atoms with Crippen molar-refractivity contribution in [2.45, 2.75) is 52.0 Å². The molecule has 0 radical (unpaired) electrons. The summed E-state index contributed by atoms with van der Waals surface area (Å²) in [6.45, 7) is 4.86. The van der Waals surface area contributed by atoms with Gasteiger partial charge in [0.2, 0.25) is 0 Å². The van der Waals surface area contributed by atoms with E-state index in [0.29, 0.717) is 41.4 Å². The summed E-state index contributed by atoms with van der Waals surface area (Å²) < 4.78 is 6.88. The van der Waals surface area contributed by atoms with Gasteiger partial charge < -0.3 is 20.5 Å². The molecule has 1 aliphatic rings. The average Bonchev–Trinajstić information content (AvgIpc) is 3.65. The van der Waals surface area contributed by atoms with E-state index in [1.807, 2.05) is 44.2 Å². The Labute approximate surface area is 234 Å². The van der Waals surface area contributed by atoms with Crippen LogP contribution in [0.2, 0.25) is 0 Å². The lowest BCUT2D eigenvalue weighted by Crippen LogP contribution is -2.30. The van der Waals surface area contributed by atoms with Crippen LogP contribution in [0, 0.1) is 6.92 Å². The molecule has 5 rings (SSSR count). The van der Waals surface area contributed by atoms with E-state index >= 15 is 0 Å². The summed E-state index contributed by atoms with van der Waals surface area (Å²) in [6, 6.07) is 21.3. The Balaban J connectivity index is 1.38. The zero-order valence-corrected chi connectivity index (χ0v) is 22.8. The molecular weight excluding hydrogens is 504 g/mol. The lowest BCUT2D eigenvalue weighted by atomic mass is 10.0. The van der Waals surface area contributed by atoms with E-state index in [-0.39, 0.29) is 23.6 Å². The lowest BCUT2D eigenvalue weighted by molar-refractivity contribution is 0.102. The van der Waals surface area contributed by atoms with E-state index in [1.165, 1.54) is 10.7 Å². The molecule has 2 amide bonds. The number of amides is 2. The second kappa shape index (κ2) is 12.1. The van der Waals surface area contributed by atoms with Gasteiger partial charge in [0.25, 0.3) is 5.91 Å². The quantitative estimate of drug-likeness (QED) is 0.218. The van der Waals surface area contributed by atoms with Crippen LogP contribution < -0.4 is 15.4 Å². The van der Waals surface area contributed by atoms with Gasteiger partial charge in [-0.2, -0.15) is 9.78 Å². The van der Waals surface area contributed by atoms with Gasteiger partial charge in [-0.05, 0) is 80.8 Å². The Morgan fingerprint density at radius 3 is 2.42 bits per heavy atom. The normalized spacial score (nSPS) is 13.2. The molecule has 3 N–H and O–H groups in total. The van der Waals surface area contributed by atoms with Crippen molar-refractivity contribution < 1.29 is 19.4 Å². The number of carbonyl (C=O) groups is 2. The van der Waals surface area contributed by atoms with Crippen LogP contribution in [0.3, 0.4) is 0 Å². The van der Waals surface area contributed by atoms with Crippen LogP contribution in [0.4, 0.5) is 10.5 Å². The summed E-state index contributed by atoms with van der Waals surface area (Å²) in [7, 11) is 0. The van der Waals surface area contributed by atoms with Gasteiger partial charge in [0.15, 0.2) is 0 Å². The minimum atomic E-state index is -0.312. The van der Waals surface area contributed by atoms with E-state index < -0.39 is 0 Å². The molecule has 40 heavy (non-hydrogen) atoms. The highest BCUT2D eigenvalue weighted by Crippen LogP contribution is 2.38. The fourth-order valence-electron chi connectivity index (χ4n) is 5.05. The number of aryl methyl sites for hydroxylation is 1. The number of hydrogen-bond donors (Lipinski definition) is 3. The lowest BCUT2D eigenvalue weighted by Gasteiger charge is -2.12. The highest BCUT2D eigenvalue weighted by molar-refractivity contribution is 6.04. The molecule has 1 fully saturated rings. The predicted octanol–water partition coefficient (Wildman–Crippen LogP) is 6.63. The summed E-state index contributed by atoms with van der Waals surface area (Å²) in [5, 5.41) is 21.2. The van der Waals surface area contributed by atoms with Gasteiger partial charge in [0.1, 0.15) is 11.5 Å². The fourth-order valence-corrected chi connectivity index (χ4v) is 5.05. The molecule has 8 nitrogen and oxygen atoms in total. The maximum atomic E-state index is 13.3. The molecule has 1 aliphatic carbocycles. The third-order valence-corrected chi connectivity index (χ3v) is 7.22. The molecule has 1 heterocycles. The molecule has 4 aromatic rings. The monoisotopic (exact) mass is 538 g/mol. The zero-order chi connectivity index (χ0) is 28.1. The van der Waals surface area contributed by atoms with Crippen molar-refractivity contribution in [2.75, 3.05) is 11.9 Å². The molecule has 1 aromatic heterocycles. The van der Waals surface area contributed by atoms with Gasteiger partial charge in [-0.15, -0.1) is 0 Å². The van der Waals surface area contributed by atoms with Crippen LogP contribution in [0.1, 0.15) is 65.7 Å². The fraction of sp³-hybridized carbons (Fsp3) is 0.281. The number of carbonyl (C=O) groups excluding carboxylic acids is 2.